The molecule has 0 radical (unpaired) electrons. The van der Waals surface area contributed by atoms with Crippen LogP contribution in [0.1, 0.15) is 67.4 Å². The van der Waals surface area contributed by atoms with E-state index in [4.69, 9.17) is 10.5 Å². The van der Waals surface area contributed by atoms with Crippen LogP contribution in [0.3, 0.4) is 0 Å². The van der Waals surface area contributed by atoms with E-state index in [1.165, 1.54) is 0 Å². The van der Waals surface area contributed by atoms with Crippen molar-refractivity contribution in [3.8, 4) is 5.75 Å². The number of ketones is 1. The molecule has 1 atom stereocenters. The van der Waals surface area contributed by atoms with Gasteiger partial charge in [0.1, 0.15) is 24.7 Å². The number of rotatable bonds is 10. The summed E-state index contributed by atoms with van der Waals surface area (Å²) in [5, 5.41) is 0. The Balaban J connectivity index is 1.77. The zero-order valence-electron chi connectivity index (χ0n) is 14.6. The van der Waals surface area contributed by atoms with Crippen LogP contribution in [0.25, 0.3) is 0 Å². The molecule has 0 aromatic carbocycles. The summed E-state index contributed by atoms with van der Waals surface area (Å²) in [6.45, 7) is 1.35. The number of hydrogen-bond acceptors (Lipinski definition) is 4. The number of ether oxygens (including phenoxy) is 1. The van der Waals surface area contributed by atoms with Crippen molar-refractivity contribution in [1.29, 1.82) is 0 Å². The molecule has 0 saturated heterocycles. The van der Waals surface area contributed by atoms with E-state index < -0.39 is 12.1 Å². The zero-order chi connectivity index (χ0) is 18.0. The lowest BCUT2D eigenvalue weighted by Crippen LogP contribution is -2.30. The molecule has 1 unspecified atom stereocenters. The van der Waals surface area contributed by atoms with Gasteiger partial charge in [-0.05, 0) is 42.9 Å². The molecule has 2 saturated carbocycles. The summed E-state index contributed by atoms with van der Waals surface area (Å²) in [5.41, 5.74) is 6.22. The highest BCUT2D eigenvalue weighted by Gasteiger charge is 2.44. The normalized spacial score (nSPS) is 19.3. The van der Waals surface area contributed by atoms with Gasteiger partial charge in [0.2, 0.25) is 5.91 Å². The van der Waals surface area contributed by atoms with Crippen molar-refractivity contribution in [3.05, 3.63) is 23.5 Å². The molecule has 2 aliphatic carbocycles. The average Bonchev–Trinajstić information content (AvgIpc) is 3.43. The largest absolute Gasteiger partial charge is 0.490 e. The van der Waals surface area contributed by atoms with Gasteiger partial charge in [-0.15, -0.1) is 0 Å². The second kappa shape index (κ2) is 7.10. The number of amides is 1. The highest BCUT2D eigenvalue weighted by molar-refractivity contribution is 5.95. The van der Waals surface area contributed by atoms with Crippen molar-refractivity contribution in [2.75, 3.05) is 13.3 Å². The van der Waals surface area contributed by atoms with Gasteiger partial charge >= 0.3 is 0 Å². The molecule has 3 rings (SSSR count). The van der Waals surface area contributed by atoms with Gasteiger partial charge in [-0.2, -0.15) is 0 Å². The van der Waals surface area contributed by atoms with Gasteiger partial charge in [0.25, 0.3) is 0 Å². The number of carbonyl (C=O) groups excluding carboxylic acids is 2. The summed E-state index contributed by atoms with van der Waals surface area (Å²) < 4.78 is 18.0. The Morgan fingerprint density at radius 3 is 2.60 bits per heavy atom. The molecule has 2 N–H and O–H groups in total. The van der Waals surface area contributed by atoms with Crippen molar-refractivity contribution in [3.63, 3.8) is 0 Å². The van der Waals surface area contributed by atoms with Crippen LogP contribution in [0.4, 0.5) is 4.39 Å². The Kier molecular flexibility index (Phi) is 5.06. The standard InChI is InChI=1S/C19H25FN2O3/c1-19(10-18(21)24,13-4-5-13)9-16(23)15-8-17(25-7-6-20)14(11-22-15)12-2-3-12/h8,11-13H,2-7,9-10H2,1H3,(H2,21,24). The molecule has 1 heterocycles. The first-order valence-corrected chi connectivity index (χ1v) is 8.93. The second-order valence-corrected chi connectivity index (χ2v) is 7.59. The van der Waals surface area contributed by atoms with Crippen LogP contribution in [-0.2, 0) is 4.79 Å². The quantitative estimate of drug-likeness (QED) is 0.658. The van der Waals surface area contributed by atoms with E-state index in [0.29, 0.717) is 23.3 Å². The minimum atomic E-state index is -0.575. The third-order valence-electron chi connectivity index (χ3n) is 5.24. The molecule has 1 amide bonds. The monoisotopic (exact) mass is 348 g/mol. The van der Waals surface area contributed by atoms with Gasteiger partial charge in [-0.3, -0.25) is 14.6 Å². The van der Waals surface area contributed by atoms with Gasteiger partial charge in [-0.25, -0.2) is 4.39 Å². The van der Waals surface area contributed by atoms with Crippen molar-refractivity contribution in [1.82, 2.24) is 4.98 Å². The van der Waals surface area contributed by atoms with E-state index in [1.54, 1.807) is 12.3 Å². The lowest BCUT2D eigenvalue weighted by atomic mass is 9.76. The molecule has 136 valence electrons. The Hall–Kier alpha value is -1.98. The second-order valence-electron chi connectivity index (χ2n) is 7.59. The maximum atomic E-state index is 12.8. The summed E-state index contributed by atoms with van der Waals surface area (Å²) >= 11 is 0. The number of hydrogen-bond donors (Lipinski definition) is 1. The molecule has 1 aromatic heterocycles. The summed E-state index contributed by atoms with van der Waals surface area (Å²) in [5.74, 6) is 0.811. The summed E-state index contributed by atoms with van der Waals surface area (Å²) in [6, 6.07) is 1.63. The molecule has 0 spiro atoms. The molecule has 0 bridgehead atoms. The summed E-state index contributed by atoms with van der Waals surface area (Å²) in [7, 11) is 0. The smallest absolute Gasteiger partial charge is 0.217 e. The molecule has 2 fully saturated rings. The molecule has 25 heavy (non-hydrogen) atoms. The number of primary amides is 1. The molecule has 5 nitrogen and oxygen atoms in total. The highest BCUT2D eigenvalue weighted by Crippen LogP contribution is 2.50. The van der Waals surface area contributed by atoms with Gasteiger partial charge in [0.05, 0.1) is 0 Å². The predicted octanol–water partition coefficient (Wildman–Crippen LogP) is 3.17. The molecular weight excluding hydrogens is 323 g/mol. The van der Waals surface area contributed by atoms with Gasteiger partial charge in [-0.1, -0.05) is 6.92 Å². The third kappa shape index (κ3) is 4.35. The first kappa shape index (κ1) is 17.8. The van der Waals surface area contributed by atoms with E-state index in [1.807, 2.05) is 6.92 Å². The first-order chi connectivity index (χ1) is 11.9. The fraction of sp³-hybridized carbons (Fsp3) is 0.632. The Morgan fingerprint density at radius 1 is 1.32 bits per heavy atom. The number of alkyl halides is 1. The SMILES string of the molecule is CC(CC(N)=O)(CC(=O)c1cc(OCCF)c(C2CC2)cn1)C1CC1. The van der Waals surface area contributed by atoms with Crippen LogP contribution < -0.4 is 10.5 Å². The van der Waals surface area contributed by atoms with Crippen LogP contribution >= 0.6 is 0 Å². The predicted molar refractivity (Wildman–Crippen MR) is 91.3 cm³/mol. The van der Waals surface area contributed by atoms with Crippen LogP contribution in [0.15, 0.2) is 12.3 Å². The molecular formula is C19H25FN2O3. The highest BCUT2D eigenvalue weighted by atomic mass is 19.1. The first-order valence-electron chi connectivity index (χ1n) is 8.93. The minimum Gasteiger partial charge on any atom is -0.490 e. The maximum absolute atomic E-state index is 12.8. The summed E-state index contributed by atoms with van der Waals surface area (Å²) in [4.78, 5) is 28.5. The lowest BCUT2D eigenvalue weighted by molar-refractivity contribution is -0.120. The zero-order valence-corrected chi connectivity index (χ0v) is 14.6. The maximum Gasteiger partial charge on any atom is 0.217 e. The van der Waals surface area contributed by atoms with Crippen molar-refractivity contribution >= 4 is 11.7 Å². The molecule has 0 aliphatic heterocycles. The minimum absolute atomic E-state index is 0.0289. The van der Waals surface area contributed by atoms with E-state index in [9.17, 15) is 14.0 Å². The number of halogens is 1. The van der Waals surface area contributed by atoms with E-state index in [-0.39, 0.29) is 31.1 Å². The van der Waals surface area contributed by atoms with Gasteiger partial charge in [0.15, 0.2) is 5.78 Å². The van der Waals surface area contributed by atoms with E-state index >= 15 is 0 Å². The number of nitrogens with zero attached hydrogens (tertiary/aromatic N) is 1. The average molecular weight is 348 g/mol. The number of Topliss-reactive ketones (excluding diaryl/α,β-unsaturated/α-hetero) is 1. The summed E-state index contributed by atoms with van der Waals surface area (Å²) in [6.07, 6.45) is 6.30. The fourth-order valence-electron chi connectivity index (χ4n) is 3.56. The Morgan fingerprint density at radius 2 is 2.04 bits per heavy atom. The number of pyridine rings is 1. The van der Waals surface area contributed by atoms with Crippen LogP contribution in [-0.4, -0.2) is 30.0 Å². The fourth-order valence-corrected chi connectivity index (χ4v) is 3.56. The Labute approximate surface area is 147 Å². The number of aromatic nitrogens is 1. The number of carbonyl (C=O) groups is 2. The lowest BCUT2D eigenvalue weighted by Gasteiger charge is -2.27. The molecule has 2 aliphatic rings. The van der Waals surface area contributed by atoms with Crippen molar-refractivity contribution < 1.29 is 18.7 Å². The van der Waals surface area contributed by atoms with E-state index in [0.717, 1.165) is 31.2 Å². The van der Waals surface area contributed by atoms with Crippen LogP contribution in [0, 0.1) is 11.3 Å². The van der Waals surface area contributed by atoms with E-state index in [2.05, 4.69) is 4.98 Å². The molecule has 6 heteroatoms. The van der Waals surface area contributed by atoms with Crippen LogP contribution in [0.2, 0.25) is 0 Å². The number of nitrogens with two attached hydrogens (primary N) is 1. The molecule has 1 aromatic rings. The van der Waals surface area contributed by atoms with Gasteiger partial charge in [0, 0.05) is 30.7 Å². The van der Waals surface area contributed by atoms with Crippen molar-refractivity contribution in [2.24, 2.45) is 17.1 Å². The third-order valence-corrected chi connectivity index (χ3v) is 5.24. The van der Waals surface area contributed by atoms with Crippen LogP contribution in [0.5, 0.6) is 5.75 Å². The van der Waals surface area contributed by atoms with Gasteiger partial charge < -0.3 is 10.5 Å². The van der Waals surface area contributed by atoms with Crippen molar-refractivity contribution in [2.45, 2.75) is 51.4 Å². The Bertz CT molecular complexity index is 671. The topological polar surface area (TPSA) is 82.3 Å².